The minimum atomic E-state index is 0.285. The number of rotatable bonds is 1. The maximum Gasteiger partial charge on any atom is 0.220 e. The Balaban J connectivity index is 1.93. The van der Waals surface area contributed by atoms with Gasteiger partial charge in [-0.25, -0.2) is 0 Å². The second-order valence-electron chi connectivity index (χ2n) is 5.65. The van der Waals surface area contributed by atoms with Gasteiger partial charge in [-0.05, 0) is 37.0 Å². The normalized spacial score (nSPS) is 37.0. The van der Waals surface area contributed by atoms with Crippen LogP contribution in [0.3, 0.4) is 0 Å². The average molecular weight is 209 g/mol. The van der Waals surface area contributed by atoms with E-state index in [1.54, 1.807) is 0 Å². The fraction of sp³-hybridized carbons (Fsp3) is 0.923. The van der Waals surface area contributed by atoms with Gasteiger partial charge in [-0.15, -0.1) is 0 Å². The Morgan fingerprint density at radius 3 is 2.73 bits per heavy atom. The number of fused-ring (bicyclic) bond motifs is 1. The lowest BCUT2D eigenvalue weighted by molar-refractivity contribution is -0.119. The molecule has 15 heavy (non-hydrogen) atoms. The SMILES string of the molecule is CC(C)C1CCCC2CC(=O)NC2CC1. The lowest BCUT2D eigenvalue weighted by atomic mass is 9.79. The minimum Gasteiger partial charge on any atom is -0.353 e. The molecule has 2 fully saturated rings. The van der Waals surface area contributed by atoms with Crippen molar-refractivity contribution in [2.45, 2.75) is 58.4 Å². The Hall–Kier alpha value is -0.530. The molecule has 86 valence electrons. The van der Waals surface area contributed by atoms with Gasteiger partial charge in [0, 0.05) is 12.5 Å². The van der Waals surface area contributed by atoms with Gasteiger partial charge >= 0.3 is 0 Å². The fourth-order valence-corrected chi connectivity index (χ4v) is 3.22. The van der Waals surface area contributed by atoms with Crippen LogP contribution in [0.15, 0.2) is 0 Å². The van der Waals surface area contributed by atoms with E-state index in [-0.39, 0.29) is 5.91 Å². The van der Waals surface area contributed by atoms with Gasteiger partial charge in [0.25, 0.3) is 0 Å². The minimum absolute atomic E-state index is 0.285. The number of amides is 1. The summed E-state index contributed by atoms with van der Waals surface area (Å²) in [6.07, 6.45) is 7.25. The molecule has 0 aromatic heterocycles. The van der Waals surface area contributed by atoms with Crippen LogP contribution in [-0.4, -0.2) is 11.9 Å². The Morgan fingerprint density at radius 2 is 2.00 bits per heavy atom. The summed E-state index contributed by atoms with van der Waals surface area (Å²) in [6.45, 7) is 4.66. The predicted octanol–water partition coefficient (Wildman–Crippen LogP) is 2.73. The van der Waals surface area contributed by atoms with Crippen LogP contribution < -0.4 is 5.32 Å². The van der Waals surface area contributed by atoms with Crippen LogP contribution in [-0.2, 0) is 4.79 Å². The summed E-state index contributed by atoms with van der Waals surface area (Å²) in [5.74, 6) is 2.61. The predicted molar refractivity (Wildman–Crippen MR) is 61.5 cm³/mol. The van der Waals surface area contributed by atoms with Crippen molar-refractivity contribution in [1.82, 2.24) is 5.32 Å². The van der Waals surface area contributed by atoms with Crippen LogP contribution in [0, 0.1) is 17.8 Å². The van der Waals surface area contributed by atoms with E-state index >= 15 is 0 Å². The van der Waals surface area contributed by atoms with Crippen LogP contribution in [0.4, 0.5) is 0 Å². The zero-order chi connectivity index (χ0) is 10.8. The highest BCUT2D eigenvalue weighted by Crippen LogP contribution is 2.34. The van der Waals surface area contributed by atoms with Gasteiger partial charge in [0.1, 0.15) is 0 Å². The van der Waals surface area contributed by atoms with E-state index in [2.05, 4.69) is 19.2 Å². The highest BCUT2D eigenvalue weighted by molar-refractivity contribution is 5.79. The lowest BCUT2D eigenvalue weighted by Crippen LogP contribution is -2.31. The molecule has 1 amide bonds. The van der Waals surface area contributed by atoms with E-state index < -0.39 is 0 Å². The molecule has 1 saturated carbocycles. The molecule has 3 atom stereocenters. The second-order valence-corrected chi connectivity index (χ2v) is 5.65. The number of carbonyl (C=O) groups is 1. The molecular weight excluding hydrogens is 186 g/mol. The smallest absolute Gasteiger partial charge is 0.220 e. The zero-order valence-corrected chi connectivity index (χ0v) is 9.96. The summed E-state index contributed by atoms with van der Waals surface area (Å²) < 4.78 is 0. The molecule has 1 N–H and O–H groups in total. The van der Waals surface area contributed by atoms with Crippen molar-refractivity contribution in [3.05, 3.63) is 0 Å². The van der Waals surface area contributed by atoms with Gasteiger partial charge in [0.2, 0.25) is 5.91 Å². The van der Waals surface area contributed by atoms with Gasteiger partial charge < -0.3 is 5.32 Å². The van der Waals surface area contributed by atoms with E-state index in [1.165, 1.54) is 32.1 Å². The number of nitrogens with one attached hydrogen (secondary N) is 1. The number of carbonyl (C=O) groups excluding carboxylic acids is 1. The maximum absolute atomic E-state index is 11.3. The molecule has 0 aromatic rings. The molecule has 3 unspecified atom stereocenters. The van der Waals surface area contributed by atoms with Crippen molar-refractivity contribution in [2.75, 3.05) is 0 Å². The number of hydrogen-bond donors (Lipinski definition) is 1. The highest BCUT2D eigenvalue weighted by atomic mass is 16.2. The van der Waals surface area contributed by atoms with Gasteiger partial charge in [0.15, 0.2) is 0 Å². The first-order valence-corrected chi connectivity index (χ1v) is 6.46. The van der Waals surface area contributed by atoms with Crippen molar-refractivity contribution in [2.24, 2.45) is 17.8 Å². The monoisotopic (exact) mass is 209 g/mol. The van der Waals surface area contributed by atoms with Crippen LogP contribution in [0.5, 0.6) is 0 Å². The molecule has 2 nitrogen and oxygen atoms in total. The van der Waals surface area contributed by atoms with Crippen LogP contribution in [0.1, 0.15) is 52.4 Å². The van der Waals surface area contributed by atoms with Gasteiger partial charge in [0.05, 0.1) is 0 Å². The van der Waals surface area contributed by atoms with Crippen molar-refractivity contribution in [3.8, 4) is 0 Å². The standard InChI is InChI=1S/C13H23NO/c1-9(2)10-4-3-5-11-8-13(15)14-12(11)7-6-10/h9-12H,3-8H2,1-2H3,(H,14,15). The van der Waals surface area contributed by atoms with Gasteiger partial charge in [-0.3, -0.25) is 4.79 Å². The van der Waals surface area contributed by atoms with E-state index in [1.807, 2.05) is 0 Å². The molecule has 0 bridgehead atoms. The molecule has 2 rings (SSSR count). The first-order chi connectivity index (χ1) is 7.16. The molecule has 0 spiro atoms. The quantitative estimate of drug-likeness (QED) is 0.707. The van der Waals surface area contributed by atoms with E-state index in [4.69, 9.17) is 0 Å². The third-order valence-electron chi connectivity index (χ3n) is 4.30. The van der Waals surface area contributed by atoms with Gasteiger partial charge in [-0.1, -0.05) is 26.7 Å². The largest absolute Gasteiger partial charge is 0.353 e. The Bertz CT molecular complexity index is 237. The van der Waals surface area contributed by atoms with Crippen molar-refractivity contribution < 1.29 is 4.79 Å². The third-order valence-corrected chi connectivity index (χ3v) is 4.30. The summed E-state index contributed by atoms with van der Waals surface area (Å²) in [6, 6.07) is 0.499. The Morgan fingerprint density at radius 1 is 1.20 bits per heavy atom. The van der Waals surface area contributed by atoms with E-state index in [9.17, 15) is 4.79 Å². The van der Waals surface area contributed by atoms with Crippen LogP contribution in [0.25, 0.3) is 0 Å². The molecule has 2 aliphatic rings. The lowest BCUT2D eigenvalue weighted by Gasteiger charge is -2.28. The topological polar surface area (TPSA) is 29.1 Å². The number of hydrogen-bond acceptors (Lipinski definition) is 1. The Kier molecular flexibility index (Phi) is 3.32. The van der Waals surface area contributed by atoms with Crippen LogP contribution >= 0.6 is 0 Å². The molecule has 0 radical (unpaired) electrons. The third kappa shape index (κ3) is 2.53. The summed E-state index contributed by atoms with van der Waals surface area (Å²) in [4.78, 5) is 11.3. The molecule has 1 heterocycles. The molecule has 1 aliphatic heterocycles. The Labute approximate surface area is 92.8 Å². The molecule has 1 aliphatic carbocycles. The maximum atomic E-state index is 11.3. The average Bonchev–Trinajstić information content (AvgIpc) is 2.46. The first-order valence-electron chi connectivity index (χ1n) is 6.46. The van der Waals surface area contributed by atoms with Crippen molar-refractivity contribution in [1.29, 1.82) is 0 Å². The zero-order valence-electron chi connectivity index (χ0n) is 9.96. The summed E-state index contributed by atoms with van der Waals surface area (Å²) >= 11 is 0. The fourth-order valence-electron chi connectivity index (χ4n) is 3.22. The van der Waals surface area contributed by atoms with E-state index in [0.29, 0.717) is 12.0 Å². The highest BCUT2D eigenvalue weighted by Gasteiger charge is 2.33. The molecule has 2 heteroatoms. The summed E-state index contributed by atoms with van der Waals surface area (Å²) in [5.41, 5.74) is 0. The van der Waals surface area contributed by atoms with Crippen LogP contribution in [0.2, 0.25) is 0 Å². The molecule has 1 saturated heterocycles. The molecular formula is C13H23NO. The van der Waals surface area contributed by atoms with E-state index in [0.717, 1.165) is 18.3 Å². The molecule has 0 aromatic carbocycles. The van der Waals surface area contributed by atoms with Gasteiger partial charge in [-0.2, -0.15) is 0 Å². The summed E-state index contributed by atoms with van der Waals surface area (Å²) in [5, 5.41) is 3.14. The second kappa shape index (κ2) is 4.54. The summed E-state index contributed by atoms with van der Waals surface area (Å²) in [7, 11) is 0. The first kappa shape index (κ1) is 11.0. The van der Waals surface area contributed by atoms with Crippen molar-refractivity contribution >= 4 is 5.91 Å². The van der Waals surface area contributed by atoms with Crippen molar-refractivity contribution in [3.63, 3.8) is 0 Å².